The summed E-state index contributed by atoms with van der Waals surface area (Å²) in [5.74, 6) is 2.18. The number of likely N-dealkylation sites (tertiary alicyclic amines) is 1. The van der Waals surface area contributed by atoms with E-state index in [-0.39, 0.29) is 0 Å². The van der Waals surface area contributed by atoms with Crippen LogP contribution in [-0.4, -0.2) is 37.7 Å². The van der Waals surface area contributed by atoms with Gasteiger partial charge in [-0.05, 0) is 50.1 Å². The molecule has 1 aliphatic heterocycles. The number of rotatable bonds is 5. The maximum Gasteiger partial charge on any atom is 0.134 e. The van der Waals surface area contributed by atoms with Crippen LogP contribution >= 0.6 is 0 Å². The molecule has 3 aromatic heterocycles. The van der Waals surface area contributed by atoms with Crippen LogP contribution in [0.1, 0.15) is 35.6 Å². The minimum atomic E-state index is 0.460. The average molecular weight is 362 g/mol. The number of nitrogens with one attached hydrogen (secondary N) is 1. The molecule has 0 amide bonds. The van der Waals surface area contributed by atoms with Crippen LogP contribution < -0.4 is 5.32 Å². The molecule has 1 aliphatic rings. The molecule has 6 heteroatoms. The average Bonchev–Trinajstić information content (AvgIpc) is 3.09. The van der Waals surface area contributed by atoms with Crippen LogP contribution in [0.4, 0.5) is 11.6 Å². The van der Waals surface area contributed by atoms with Gasteiger partial charge in [-0.3, -0.25) is 9.58 Å². The van der Waals surface area contributed by atoms with E-state index < -0.39 is 0 Å². The fraction of sp³-hybridized carbons (Fsp3) is 0.381. The summed E-state index contributed by atoms with van der Waals surface area (Å²) in [4.78, 5) is 11.8. The van der Waals surface area contributed by atoms with Gasteiger partial charge in [0.1, 0.15) is 11.6 Å². The molecule has 4 heterocycles. The number of anilines is 2. The maximum atomic E-state index is 4.88. The molecule has 4 rings (SSSR count). The quantitative estimate of drug-likeness (QED) is 0.751. The van der Waals surface area contributed by atoms with Crippen molar-refractivity contribution >= 4 is 11.6 Å². The highest BCUT2D eigenvalue weighted by Gasteiger charge is 2.23. The summed E-state index contributed by atoms with van der Waals surface area (Å²) < 4.78 is 1.87. The lowest BCUT2D eigenvalue weighted by atomic mass is 9.94. The van der Waals surface area contributed by atoms with E-state index in [0.717, 1.165) is 42.5 Å². The lowest BCUT2D eigenvalue weighted by Crippen LogP contribution is -2.34. The van der Waals surface area contributed by atoms with E-state index in [0.29, 0.717) is 5.92 Å². The van der Waals surface area contributed by atoms with Gasteiger partial charge in [-0.2, -0.15) is 5.10 Å². The number of piperidine rings is 1. The van der Waals surface area contributed by atoms with Crippen molar-refractivity contribution < 1.29 is 0 Å². The van der Waals surface area contributed by atoms with Crippen LogP contribution in [0, 0.1) is 6.92 Å². The topological polar surface area (TPSA) is 58.9 Å². The largest absolute Gasteiger partial charge is 0.325 e. The maximum absolute atomic E-state index is 4.88. The van der Waals surface area contributed by atoms with Gasteiger partial charge in [-0.1, -0.05) is 12.1 Å². The Hall–Kier alpha value is -2.73. The number of nitrogens with zero attached hydrogens (tertiary/aromatic N) is 5. The summed E-state index contributed by atoms with van der Waals surface area (Å²) in [6, 6.07) is 10.2. The minimum absolute atomic E-state index is 0.460. The molecule has 6 nitrogen and oxygen atoms in total. The molecular formula is C21H26N6. The Morgan fingerprint density at radius 3 is 2.96 bits per heavy atom. The molecule has 0 aromatic carbocycles. The van der Waals surface area contributed by atoms with Gasteiger partial charge in [-0.25, -0.2) is 9.97 Å². The Bertz CT molecular complexity index is 903. The molecule has 0 aliphatic carbocycles. The third-order valence-electron chi connectivity index (χ3n) is 5.11. The molecule has 3 aromatic rings. The van der Waals surface area contributed by atoms with Gasteiger partial charge in [0, 0.05) is 49.7 Å². The van der Waals surface area contributed by atoms with Crippen LogP contribution in [-0.2, 0) is 13.6 Å². The van der Waals surface area contributed by atoms with E-state index in [1.165, 1.54) is 18.4 Å². The van der Waals surface area contributed by atoms with Gasteiger partial charge in [0.2, 0.25) is 0 Å². The lowest BCUT2D eigenvalue weighted by Gasteiger charge is -2.32. The Morgan fingerprint density at radius 1 is 1.22 bits per heavy atom. The first-order valence-corrected chi connectivity index (χ1v) is 9.53. The smallest absolute Gasteiger partial charge is 0.134 e. The first kappa shape index (κ1) is 17.7. The second-order valence-electron chi connectivity index (χ2n) is 7.34. The molecule has 1 atom stereocenters. The molecule has 0 saturated carbocycles. The molecule has 140 valence electrons. The first-order valence-electron chi connectivity index (χ1n) is 9.53. The first-order chi connectivity index (χ1) is 13.2. The van der Waals surface area contributed by atoms with Gasteiger partial charge >= 0.3 is 0 Å². The number of hydrogen-bond acceptors (Lipinski definition) is 5. The van der Waals surface area contributed by atoms with E-state index in [1.54, 1.807) is 6.20 Å². The summed E-state index contributed by atoms with van der Waals surface area (Å²) >= 11 is 0. The third-order valence-corrected chi connectivity index (χ3v) is 5.11. The standard InChI is InChI=1S/C21H26N6/c1-16-6-4-10-22-21(16)25-20-9-3-8-19(24-20)18-7-5-11-27(15-18)14-17-12-23-26(2)13-17/h3-4,6,8-10,12-13,18H,5,7,11,14-15H2,1-2H3,(H,22,24,25)/t18-/m1/s1. The Labute approximate surface area is 160 Å². The van der Waals surface area contributed by atoms with Crippen molar-refractivity contribution in [2.24, 2.45) is 7.05 Å². The van der Waals surface area contributed by atoms with Crippen molar-refractivity contribution in [3.63, 3.8) is 0 Å². The van der Waals surface area contributed by atoms with Crippen molar-refractivity contribution in [2.75, 3.05) is 18.4 Å². The number of hydrogen-bond donors (Lipinski definition) is 1. The second kappa shape index (κ2) is 7.88. The molecule has 1 N–H and O–H groups in total. The summed E-state index contributed by atoms with van der Waals surface area (Å²) in [7, 11) is 1.97. The Balaban J connectivity index is 1.45. The predicted molar refractivity (Wildman–Crippen MR) is 107 cm³/mol. The van der Waals surface area contributed by atoms with Crippen LogP contribution in [0.15, 0.2) is 48.9 Å². The van der Waals surface area contributed by atoms with Crippen LogP contribution in [0.25, 0.3) is 0 Å². The molecule has 0 bridgehead atoms. The Kier molecular flexibility index (Phi) is 5.16. The highest BCUT2D eigenvalue weighted by atomic mass is 15.2. The summed E-state index contributed by atoms with van der Waals surface area (Å²) in [5, 5.41) is 7.64. The van der Waals surface area contributed by atoms with Crippen molar-refractivity contribution in [3.05, 3.63) is 65.7 Å². The van der Waals surface area contributed by atoms with Crippen LogP contribution in [0.5, 0.6) is 0 Å². The summed E-state index contributed by atoms with van der Waals surface area (Å²) in [5.41, 5.74) is 3.54. The molecule has 0 unspecified atom stereocenters. The predicted octanol–water partition coefficient (Wildman–Crippen LogP) is 3.64. The normalized spacial score (nSPS) is 17.8. The zero-order valence-corrected chi connectivity index (χ0v) is 16.0. The minimum Gasteiger partial charge on any atom is -0.325 e. The third kappa shape index (κ3) is 4.34. The lowest BCUT2D eigenvalue weighted by molar-refractivity contribution is 0.198. The number of aromatic nitrogens is 4. The fourth-order valence-corrected chi connectivity index (χ4v) is 3.74. The zero-order valence-electron chi connectivity index (χ0n) is 16.0. The van der Waals surface area contributed by atoms with Gasteiger partial charge in [0.25, 0.3) is 0 Å². The van der Waals surface area contributed by atoms with E-state index in [4.69, 9.17) is 4.98 Å². The van der Waals surface area contributed by atoms with Crippen LogP contribution in [0.2, 0.25) is 0 Å². The number of pyridine rings is 2. The van der Waals surface area contributed by atoms with Gasteiger partial charge in [0.05, 0.1) is 6.20 Å². The van der Waals surface area contributed by atoms with E-state index in [2.05, 4.69) is 51.6 Å². The molecule has 1 saturated heterocycles. The molecule has 0 radical (unpaired) electrons. The van der Waals surface area contributed by atoms with Crippen molar-refractivity contribution in [2.45, 2.75) is 32.2 Å². The van der Waals surface area contributed by atoms with Crippen molar-refractivity contribution in [1.29, 1.82) is 0 Å². The SMILES string of the molecule is Cc1cccnc1Nc1cccc([C@@H]2CCCN(Cc3cnn(C)c3)C2)n1. The monoisotopic (exact) mass is 362 g/mol. The number of aryl methyl sites for hydroxylation is 2. The molecular weight excluding hydrogens is 336 g/mol. The van der Waals surface area contributed by atoms with Crippen molar-refractivity contribution in [3.8, 4) is 0 Å². The molecule has 27 heavy (non-hydrogen) atoms. The summed E-state index contributed by atoms with van der Waals surface area (Å²) in [6.07, 6.45) is 8.24. The zero-order chi connectivity index (χ0) is 18.6. The second-order valence-corrected chi connectivity index (χ2v) is 7.34. The van der Waals surface area contributed by atoms with Gasteiger partial charge < -0.3 is 5.32 Å². The fourth-order valence-electron chi connectivity index (χ4n) is 3.74. The van der Waals surface area contributed by atoms with Gasteiger partial charge in [0.15, 0.2) is 0 Å². The molecule has 0 spiro atoms. The van der Waals surface area contributed by atoms with E-state index in [9.17, 15) is 0 Å². The highest BCUT2D eigenvalue weighted by Crippen LogP contribution is 2.28. The van der Waals surface area contributed by atoms with Gasteiger partial charge in [-0.15, -0.1) is 0 Å². The highest BCUT2D eigenvalue weighted by molar-refractivity contribution is 5.55. The van der Waals surface area contributed by atoms with Crippen LogP contribution in [0.3, 0.4) is 0 Å². The molecule has 1 fully saturated rings. The van der Waals surface area contributed by atoms with Crippen molar-refractivity contribution in [1.82, 2.24) is 24.6 Å². The van der Waals surface area contributed by atoms with E-state index in [1.807, 2.05) is 30.1 Å². The van der Waals surface area contributed by atoms with E-state index >= 15 is 0 Å². The Morgan fingerprint density at radius 2 is 2.15 bits per heavy atom. The summed E-state index contributed by atoms with van der Waals surface area (Å²) in [6.45, 7) is 5.18.